The molecule has 0 saturated heterocycles. The number of fused-ring (bicyclic) bond motifs is 2. The molecule has 282 valence electrons. The Hall–Kier alpha value is -6.13. The molecule has 0 bridgehead atoms. The van der Waals surface area contributed by atoms with E-state index in [1.54, 1.807) is 31.2 Å². The number of rotatable bonds is 11. The zero-order valence-electron chi connectivity index (χ0n) is 31.4. The number of amides is 2. The maximum absolute atomic E-state index is 14.5. The largest absolute Gasteiger partial charge is 0.508 e. The van der Waals surface area contributed by atoms with E-state index in [0.717, 1.165) is 45.6 Å². The number of ether oxygens (including phenoxy) is 3. The lowest BCUT2D eigenvalue weighted by molar-refractivity contribution is -0.146. The van der Waals surface area contributed by atoms with Gasteiger partial charge in [0, 0.05) is 31.6 Å². The van der Waals surface area contributed by atoms with E-state index in [1.807, 2.05) is 78.9 Å². The Labute approximate surface area is 321 Å². The van der Waals surface area contributed by atoms with Gasteiger partial charge in [0.1, 0.15) is 23.3 Å². The van der Waals surface area contributed by atoms with Crippen LogP contribution in [0, 0.1) is 0 Å². The molecule has 1 unspecified atom stereocenters. The molecular formula is C45H45N3O7. The Morgan fingerprint density at radius 2 is 1.56 bits per heavy atom. The van der Waals surface area contributed by atoms with Gasteiger partial charge in [0.15, 0.2) is 0 Å². The third-order valence-electron chi connectivity index (χ3n) is 10.7. The van der Waals surface area contributed by atoms with Gasteiger partial charge in [-0.2, -0.15) is 0 Å². The molecule has 10 nitrogen and oxygen atoms in total. The lowest BCUT2D eigenvalue weighted by Gasteiger charge is -2.42. The topological polar surface area (TPSA) is 118 Å². The molecule has 2 aliphatic rings. The van der Waals surface area contributed by atoms with Crippen LogP contribution in [0.4, 0.5) is 5.69 Å². The fourth-order valence-corrected chi connectivity index (χ4v) is 7.68. The van der Waals surface area contributed by atoms with Gasteiger partial charge in [0.05, 0.1) is 25.9 Å². The predicted molar refractivity (Wildman–Crippen MR) is 210 cm³/mol. The number of hydrogen-bond donors (Lipinski definition) is 2. The third-order valence-corrected chi connectivity index (χ3v) is 10.7. The van der Waals surface area contributed by atoms with Gasteiger partial charge in [-0.25, -0.2) is 4.79 Å². The van der Waals surface area contributed by atoms with E-state index < -0.39 is 24.2 Å². The van der Waals surface area contributed by atoms with Gasteiger partial charge in [0.25, 0.3) is 5.91 Å². The van der Waals surface area contributed by atoms with Gasteiger partial charge in [-0.3, -0.25) is 14.5 Å². The highest BCUT2D eigenvalue weighted by atomic mass is 16.5. The fourth-order valence-electron chi connectivity index (χ4n) is 7.68. The first kappa shape index (κ1) is 37.2. The van der Waals surface area contributed by atoms with Crippen molar-refractivity contribution in [1.82, 2.24) is 10.2 Å². The number of likely N-dealkylation sites (N-methyl/N-ethyl adjacent to an activating group) is 1. The predicted octanol–water partition coefficient (Wildman–Crippen LogP) is 6.94. The molecule has 0 fully saturated rings. The van der Waals surface area contributed by atoms with Crippen LogP contribution in [0.15, 0.2) is 115 Å². The van der Waals surface area contributed by atoms with E-state index in [4.69, 9.17) is 14.2 Å². The molecule has 5 aromatic rings. The van der Waals surface area contributed by atoms with Crippen LogP contribution < -0.4 is 19.7 Å². The number of methoxy groups -OCH3 is 2. The molecule has 7 rings (SSSR count). The quantitative estimate of drug-likeness (QED) is 0.140. The summed E-state index contributed by atoms with van der Waals surface area (Å²) in [6.07, 6.45) is 0.480. The van der Waals surface area contributed by atoms with Crippen LogP contribution >= 0.6 is 0 Å². The number of carbonyl (C=O) groups is 3. The van der Waals surface area contributed by atoms with Gasteiger partial charge < -0.3 is 29.5 Å². The Morgan fingerprint density at radius 3 is 2.20 bits per heavy atom. The van der Waals surface area contributed by atoms with E-state index in [1.165, 1.54) is 19.2 Å². The number of anilines is 1. The van der Waals surface area contributed by atoms with Gasteiger partial charge in [0.2, 0.25) is 12.0 Å². The Bertz CT molecular complexity index is 2150. The minimum absolute atomic E-state index is 0.0990. The third kappa shape index (κ3) is 7.77. The van der Waals surface area contributed by atoms with Crippen molar-refractivity contribution in [2.24, 2.45) is 0 Å². The van der Waals surface area contributed by atoms with Crippen LogP contribution in [-0.4, -0.2) is 61.1 Å². The normalized spacial score (nSPS) is 17.6. The first-order chi connectivity index (χ1) is 26.7. The van der Waals surface area contributed by atoms with Crippen molar-refractivity contribution in [3.8, 4) is 28.4 Å². The summed E-state index contributed by atoms with van der Waals surface area (Å²) < 4.78 is 16.8. The van der Waals surface area contributed by atoms with E-state index in [0.29, 0.717) is 30.0 Å². The average Bonchev–Trinajstić information content (AvgIpc) is 3.22. The molecule has 0 aliphatic carbocycles. The molecular weight excluding hydrogens is 695 g/mol. The Morgan fingerprint density at radius 1 is 0.891 bits per heavy atom. The number of benzene rings is 5. The van der Waals surface area contributed by atoms with Crippen LogP contribution in [0.5, 0.6) is 17.2 Å². The van der Waals surface area contributed by atoms with Crippen molar-refractivity contribution >= 4 is 23.5 Å². The minimum Gasteiger partial charge on any atom is -0.508 e. The van der Waals surface area contributed by atoms with Crippen molar-refractivity contribution in [2.45, 2.75) is 57.0 Å². The second-order valence-electron chi connectivity index (χ2n) is 14.0. The van der Waals surface area contributed by atoms with Gasteiger partial charge in [-0.15, -0.1) is 0 Å². The number of phenolic OH excluding ortho intramolecular Hbond substituents is 1. The summed E-state index contributed by atoms with van der Waals surface area (Å²) in [6, 6.07) is 34.6. The van der Waals surface area contributed by atoms with Crippen molar-refractivity contribution in [3.05, 3.63) is 143 Å². The van der Waals surface area contributed by atoms with E-state index >= 15 is 0 Å². The molecule has 5 aromatic carbocycles. The van der Waals surface area contributed by atoms with E-state index in [-0.39, 0.29) is 30.0 Å². The summed E-state index contributed by atoms with van der Waals surface area (Å²) in [4.78, 5) is 45.1. The summed E-state index contributed by atoms with van der Waals surface area (Å²) in [5, 5.41) is 12.9. The lowest BCUT2D eigenvalue weighted by atomic mass is 9.88. The molecule has 0 aromatic heterocycles. The van der Waals surface area contributed by atoms with Crippen LogP contribution in [-0.2, 0) is 38.5 Å². The van der Waals surface area contributed by atoms with Gasteiger partial charge in [-0.1, -0.05) is 85.8 Å². The smallest absolute Gasteiger partial charge is 0.328 e. The number of carbonyl (C=O) groups excluding carboxylic acids is 3. The highest BCUT2D eigenvalue weighted by molar-refractivity contribution is 6.00. The van der Waals surface area contributed by atoms with Crippen molar-refractivity contribution in [1.29, 1.82) is 0 Å². The number of hydrogen-bond acceptors (Lipinski definition) is 8. The summed E-state index contributed by atoms with van der Waals surface area (Å²) in [5.41, 5.74) is 7.18. The van der Waals surface area contributed by atoms with Crippen LogP contribution in [0.1, 0.15) is 53.3 Å². The summed E-state index contributed by atoms with van der Waals surface area (Å²) in [7, 11) is 4.68. The van der Waals surface area contributed by atoms with Crippen LogP contribution in [0.3, 0.4) is 0 Å². The van der Waals surface area contributed by atoms with Gasteiger partial charge in [-0.05, 0) is 82.6 Å². The summed E-state index contributed by atoms with van der Waals surface area (Å²) in [6.45, 7) is 2.54. The number of aromatic hydroxyl groups is 1. The highest BCUT2D eigenvalue weighted by Gasteiger charge is 2.40. The van der Waals surface area contributed by atoms with Crippen molar-refractivity contribution in [2.75, 3.05) is 26.2 Å². The molecule has 2 heterocycles. The Kier molecular flexibility index (Phi) is 10.9. The average molecular weight is 740 g/mol. The molecule has 0 radical (unpaired) electrons. The molecule has 55 heavy (non-hydrogen) atoms. The lowest BCUT2D eigenvalue weighted by Crippen LogP contribution is -2.55. The van der Waals surface area contributed by atoms with E-state index in [2.05, 4.69) is 29.3 Å². The number of phenols is 1. The van der Waals surface area contributed by atoms with Crippen LogP contribution in [0.25, 0.3) is 11.1 Å². The minimum atomic E-state index is -0.915. The molecule has 2 amide bonds. The number of nitrogens with one attached hydrogen (secondary N) is 1. The van der Waals surface area contributed by atoms with Crippen molar-refractivity contribution < 1.29 is 33.7 Å². The number of esters is 1. The van der Waals surface area contributed by atoms with Crippen LogP contribution in [0.2, 0.25) is 0 Å². The monoisotopic (exact) mass is 739 g/mol. The van der Waals surface area contributed by atoms with Gasteiger partial charge >= 0.3 is 5.97 Å². The zero-order valence-corrected chi connectivity index (χ0v) is 31.4. The van der Waals surface area contributed by atoms with Crippen molar-refractivity contribution in [3.63, 3.8) is 0 Å². The summed E-state index contributed by atoms with van der Waals surface area (Å²) >= 11 is 0. The maximum Gasteiger partial charge on any atom is 0.328 e. The molecule has 2 N–H and O–H groups in total. The first-order valence-corrected chi connectivity index (χ1v) is 18.5. The first-order valence-electron chi connectivity index (χ1n) is 18.5. The zero-order chi connectivity index (χ0) is 38.6. The molecule has 2 aliphatic heterocycles. The SMILES string of the molecule is CC[C@@H](c1ccccc1)N1Cc2cc3c(cc2C[C@H]1C(=O)NC(Cc1ccc(-c2ccc(OC)cc2)cc1)C(=O)OC)N(C)C(=O)[C@@H](c1ccc(O)cc1)O3. The fraction of sp³-hybridized carbons (Fsp3) is 0.267. The summed E-state index contributed by atoms with van der Waals surface area (Å²) in [5.74, 6) is 0.407. The maximum atomic E-state index is 14.5. The standard InChI is InChI=1S/C45H45N3O7/c1-5-38(31-9-7-6-8-10-31)48-27-34-26-41-39(47(2)44(51)42(55-41)32-15-19-35(49)20-16-32)24-33(34)25-40(48)43(50)46-37(45(52)54-4)23-28-11-13-29(14-12-28)30-17-21-36(53-3)22-18-30/h6-22,24,26,37-38,40,42,49H,5,23,25,27H2,1-4H3,(H,46,50)/t37?,38-,40-,42+/m0/s1. The molecule has 0 saturated carbocycles. The number of nitrogens with zero attached hydrogens (tertiary/aromatic N) is 2. The molecule has 10 heteroatoms. The second-order valence-corrected chi connectivity index (χ2v) is 14.0. The Balaban J connectivity index is 1.17. The highest BCUT2D eigenvalue weighted by Crippen LogP contribution is 2.43. The second kappa shape index (κ2) is 16.1. The molecule has 0 spiro atoms. The van der Waals surface area contributed by atoms with E-state index in [9.17, 15) is 19.5 Å². The molecule has 4 atom stereocenters.